The van der Waals surface area contributed by atoms with Gasteiger partial charge in [0.25, 0.3) is 0 Å². The van der Waals surface area contributed by atoms with Crippen LogP contribution >= 0.6 is 0 Å². The molecule has 188 valence electrons. The van der Waals surface area contributed by atoms with Gasteiger partial charge in [0, 0.05) is 43.5 Å². The van der Waals surface area contributed by atoms with Crippen molar-refractivity contribution in [1.29, 1.82) is 0 Å². The van der Waals surface area contributed by atoms with Gasteiger partial charge in [-0.1, -0.05) is 0 Å². The molecule has 4 rings (SSSR count). The highest BCUT2D eigenvalue weighted by Crippen LogP contribution is 2.32. The second-order valence-corrected chi connectivity index (χ2v) is 10.0. The molecule has 0 spiro atoms. The van der Waals surface area contributed by atoms with Crippen molar-refractivity contribution in [3.05, 3.63) is 60.0 Å². The van der Waals surface area contributed by atoms with Gasteiger partial charge in [0.15, 0.2) is 0 Å². The summed E-state index contributed by atoms with van der Waals surface area (Å²) in [5.41, 5.74) is 3.67. The lowest BCUT2D eigenvalue weighted by Crippen LogP contribution is -2.41. The molecule has 0 amide bonds. The molecule has 1 aromatic carbocycles. The molecule has 3 heterocycles. The summed E-state index contributed by atoms with van der Waals surface area (Å²) in [6, 6.07) is 12.4. The highest BCUT2D eigenvalue weighted by molar-refractivity contribution is 5.83. The molecule has 0 bridgehead atoms. The van der Waals surface area contributed by atoms with Gasteiger partial charge in [-0.15, -0.1) is 0 Å². The van der Waals surface area contributed by atoms with Gasteiger partial charge < -0.3 is 19.3 Å². The second kappa shape index (κ2) is 12.2. The Kier molecular flexibility index (Phi) is 8.80. The van der Waals surface area contributed by atoms with E-state index in [1.165, 1.54) is 17.7 Å². The molecule has 0 saturated carbocycles. The maximum Gasteiger partial charge on any atom is 0.303 e. The van der Waals surface area contributed by atoms with E-state index in [0.29, 0.717) is 5.92 Å². The fraction of sp³-hybridized carbons (Fsp3) is 0.517. The molecule has 0 unspecified atom stereocenters. The summed E-state index contributed by atoms with van der Waals surface area (Å²) < 4.78 is 7.60. The fourth-order valence-electron chi connectivity index (χ4n) is 5.67. The van der Waals surface area contributed by atoms with Crippen LogP contribution in [-0.2, 0) is 24.7 Å². The first-order valence-corrected chi connectivity index (χ1v) is 13.0. The molecule has 2 aromatic heterocycles. The van der Waals surface area contributed by atoms with Crippen LogP contribution in [0.25, 0.3) is 10.9 Å². The summed E-state index contributed by atoms with van der Waals surface area (Å²) in [5, 5.41) is 10.7. The van der Waals surface area contributed by atoms with Gasteiger partial charge in [-0.2, -0.15) is 0 Å². The van der Waals surface area contributed by atoms with Crippen molar-refractivity contribution >= 4 is 16.9 Å². The van der Waals surface area contributed by atoms with E-state index in [0.717, 1.165) is 74.8 Å². The number of ether oxygens (including phenoxy) is 1. The third kappa shape index (κ3) is 6.85. The van der Waals surface area contributed by atoms with Crippen molar-refractivity contribution in [2.45, 2.75) is 51.4 Å². The first-order chi connectivity index (χ1) is 17.0. The van der Waals surface area contributed by atoms with Crippen LogP contribution in [0.5, 0.6) is 5.75 Å². The van der Waals surface area contributed by atoms with E-state index in [-0.39, 0.29) is 12.3 Å². The maximum absolute atomic E-state index is 11.6. The monoisotopic (exact) mass is 477 g/mol. The number of carbonyl (C=O) groups is 1. The van der Waals surface area contributed by atoms with Gasteiger partial charge in [-0.25, -0.2) is 0 Å². The molecule has 35 heavy (non-hydrogen) atoms. The van der Waals surface area contributed by atoms with Crippen LogP contribution in [-0.4, -0.2) is 52.3 Å². The molecular weight excluding hydrogens is 438 g/mol. The number of aliphatic carboxylic acids is 1. The Labute approximate surface area is 208 Å². The van der Waals surface area contributed by atoms with Gasteiger partial charge >= 0.3 is 5.97 Å². The molecule has 1 aliphatic heterocycles. The number of pyridine rings is 1. The molecule has 1 aliphatic rings. The number of rotatable bonds is 12. The maximum atomic E-state index is 11.6. The zero-order chi connectivity index (χ0) is 24.6. The van der Waals surface area contributed by atoms with Crippen molar-refractivity contribution in [2.24, 2.45) is 18.9 Å². The second-order valence-electron chi connectivity index (χ2n) is 10.0. The highest BCUT2D eigenvalue weighted by atomic mass is 16.5. The zero-order valence-electron chi connectivity index (χ0n) is 21.2. The van der Waals surface area contributed by atoms with Crippen molar-refractivity contribution in [1.82, 2.24) is 14.5 Å². The fourth-order valence-corrected chi connectivity index (χ4v) is 5.67. The number of likely N-dealkylation sites (tertiary alicyclic amines) is 1. The van der Waals surface area contributed by atoms with Crippen molar-refractivity contribution in [2.75, 3.05) is 26.7 Å². The van der Waals surface area contributed by atoms with Gasteiger partial charge in [0.05, 0.1) is 12.6 Å². The number of nitrogens with zero attached hydrogens (tertiary/aromatic N) is 3. The number of aryl methyl sites for hydroxylation is 3. The molecule has 0 radical (unpaired) electrons. The van der Waals surface area contributed by atoms with E-state index in [4.69, 9.17) is 4.74 Å². The van der Waals surface area contributed by atoms with Crippen LogP contribution in [0.3, 0.4) is 0 Å². The van der Waals surface area contributed by atoms with E-state index in [1.54, 1.807) is 7.11 Å². The minimum Gasteiger partial charge on any atom is -0.497 e. The number of fused-ring (bicyclic) bond motifs is 1. The number of carboxylic acids is 1. The number of piperidine rings is 1. The van der Waals surface area contributed by atoms with Gasteiger partial charge in [-0.3, -0.25) is 9.78 Å². The van der Waals surface area contributed by atoms with E-state index < -0.39 is 5.97 Å². The first kappa shape index (κ1) is 25.2. The summed E-state index contributed by atoms with van der Waals surface area (Å²) >= 11 is 0. The van der Waals surface area contributed by atoms with Crippen LogP contribution in [0.2, 0.25) is 0 Å². The largest absolute Gasteiger partial charge is 0.497 e. The summed E-state index contributed by atoms with van der Waals surface area (Å²) in [6.45, 7) is 3.06. The summed E-state index contributed by atoms with van der Waals surface area (Å²) in [6.07, 6.45) is 11.9. The highest BCUT2D eigenvalue weighted by Gasteiger charge is 2.30. The van der Waals surface area contributed by atoms with Crippen molar-refractivity contribution in [3.8, 4) is 5.75 Å². The Bertz CT molecular complexity index is 1110. The molecule has 0 aliphatic carbocycles. The molecule has 3 aromatic rings. The normalized spacial score (nSPS) is 18.7. The molecule has 6 nitrogen and oxygen atoms in total. The van der Waals surface area contributed by atoms with Gasteiger partial charge in [-0.05, 0) is 112 Å². The number of benzene rings is 1. The van der Waals surface area contributed by atoms with Crippen LogP contribution < -0.4 is 4.74 Å². The Morgan fingerprint density at radius 2 is 2.03 bits per heavy atom. The van der Waals surface area contributed by atoms with Crippen molar-refractivity contribution < 1.29 is 14.6 Å². The number of hydrogen-bond acceptors (Lipinski definition) is 4. The molecule has 1 fully saturated rings. The molecular formula is C29H39N3O3. The van der Waals surface area contributed by atoms with E-state index >= 15 is 0 Å². The Morgan fingerprint density at radius 1 is 1.14 bits per heavy atom. The lowest BCUT2D eigenvalue weighted by Gasteiger charge is -2.38. The minimum absolute atomic E-state index is 0.239. The third-order valence-electron chi connectivity index (χ3n) is 7.68. The number of unbranched alkanes of at least 4 members (excludes halogenated alkanes) is 1. The lowest BCUT2D eigenvalue weighted by molar-refractivity contribution is -0.139. The standard InChI is InChI=1S/C29H39N3O3/c1-31-16-6-10-25(31)9-3-4-17-32-18-14-22(24(21-32)19-29(33)34)7-5-8-23-13-15-30-28-12-11-26(35-2)20-27(23)28/h6,10-13,15-16,20,22,24H,3-5,7-9,14,17-19,21H2,1-2H3,(H,33,34)/t22-,24+/m1/s1. The Morgan fingerprint density at radius 3 is 2.80 bits per heavy atom. The van der Waals surface area contributed by atoms with Gasteiger partial charge in [0.2, 0.25) is 0 Å². The third-order valence-corrected chi connectivity index (χ3v) is 7.68. The van der Waals surface area contributed by atoms with Crippen LogP contribution in [0.4, 0.5) is 0 Å². The molecule has 1 N–H and O–H groups in total. The lowest BCUT2D eigenvalue weighted by atomic mass is 9.79. The SMILES string of the molecule is COc1ccc2nccc(CCC[C@@H]3CCN(CCCCc4cccn4C)C[C@@H]3CC(=O)O)c2c1. The summed E-state index contributed by atoms with van der Waals surface area (Å²) in [7, 11) is 3.79. The number of hydrogen-bond donors (Lipinski definition) is 1. The summed E-state index contributed by atoms with van der Waals surface area (Å²) in [5.74, 6) is 0.902. The predicted molar refractivity (Wildman–Crippen MR) is 140 cm³/mol. The minimum atomic E-state index is -0.669. The molecule has 1 saturated heterocycles. The topological polar surface area (TPSA) is 67.6 Å². The first-order valence-electron chi connectivity index (χ1n) is 13.0. The van der Waals surface area contributed by atoms with Crippen molar-refractivity contribution in [3.63, 3.8) is 0 Å². The predicted octanol–water partition coefficient (Wildman–Crippen LogP) is 5.34. The Hall–Kier alpha value is -2.86. The van der Waals surface area contributed by atoms with Crippen LogP contribution in [0, 0.1) is 11.8 Å². The molecule has 6 heteroatoms. The van der Waals surface area contributed by atoms with Crippen LogP contribution in [0.1, 0.15) is 49.8 Å². The average Bonchev–Trinajstić information content (AvgIpc) is 3.27. The smallest absolute Gasteiger partial charge is 0.303 e. The number of methoxy groups -OCH3 is 1. The Balaban J connectivity index is 1.28. The zero-order valence-corrected chi connectivity index (χ0v) is 21.2. The van der Waals surface area contributed by atoms with E-state index in [2.05, 4.69) is 52.0 Å². The van der Waals surface area contributed by atoms with E-state index in [9.17, 15) is 9.90 Å². The van der Waals surface area contributed by atoms with Crippen LogP contribution in [0.15, 0.2) is 48.8 Å². The quantitative estimate of drug-likeness (QED) is 0.357. The van der Waals surface area contributed by atoms with Gasteiger partial charge in [0.1, 0.15) is 5.75 Å². The number of carboxylic acid groups (broad SMARTS) is 1. The molecule has 2 atom stereocenters. The summed E-state index contributed by atoms with van der Waals surface area (Å²) in [4.78, 5) is 18.6. The van der Waals surface area contributed by atoms with E-state index in [1.807, 2.05) is 18.3 Å². The average molecular weight is 478 g/mol. The number of aromatic nitrogens is 2.